The minimum Gasteiger partial charge on any atom is -0.340 e. The van der Waals surface area contributed by atoms with Crippen LogP contribution in [0.3, 0.4) is 0 Å². The first-order valence-electron chi connectivity index (χ1n) is 13.4. The third kappa shape index (κ3) is 7.30. The second-order valence-corrected chi connectivity index (χ2v) is 10.1. The summed E-state index contributed by atoms with van der Waals surface area (Å²) < 4.78 is 42.1. The molecule has 3 aromatic rings. The molecule has 0 radical (unpaired) electrons. The van der Waals surface area contributed by atoms with Crippen LogP contribution in [-0.2, 0) is 17.5 Å². The van der Waals surface area contributed by atoms with Crippen molar-refractivity contribution in [3.05, 3.63) is 82.7 Å². The van der Waals surface area contributed by atoms with Crippen LogP contribution >= 0.6 is 0 Å². The van der Waals surface area contributed by atoms with E-state index in [-0.39, 0.29) is 35.2 Å². The van der Waals surface area contributed by atoms with Gasteiger partial charge in [-0.3, -0.25) is 19.5 Å². The van der Waals surface area contributed by atoms with Gasteiger partial charge in [0.05, 0.1) is 17.3 Å². The van der Waals surface area contributed by atoms with Crippen molar-refractivity contribution in [2.24, 2.45) is 5.92 Å². The predicted octanol–water partition coefficient (Wildman–Crippen LogP) is 4.19. The van der Waals surface area contributed by atoms with Gasteiger partial charge in [0, 0.05) is 68.5 Å². The Kier molecular flexibility index (Phi) is 8.49. The highest BCUT2D eigenvalue weighted by Crippen LogP contribution is 2.35. The van der Waals surface area contributed by atoms with E-state index in [1.54, 1.807) is 11.0 Å². The van der Waals surface area contributed by atoms with Crippen LogP contribution in [0.5, 0.6) is 0 Å². The van der Waals surface area contributed by atoms with Gasteiger partial charge < -0.3 is 20.6 Å². The normalized spacial score (nSPS) is 15.7. The first-order chi connectivity index (χ1) is 20.2. The standard InChI is InChI=1S/C30H28F3N7O2/c31-30(32,33)26-15-24(8-6-22(26)19-39-10-12-40(13-11-39)29(42)21-4-5-21)38-28(41)23-14-20(16-35-17-23)3-7-25-18-36-27(37-25)2-1-9-34/h1-2,6,8-9,14-18,21,34H,4-5,10-13,19H2,(H,36,37)(H,38,41)/b2-1-,34-9?. The molecule has 12 heteroatoms. The fourth-order valence-corrected chi connectivity index (χ4v) is 4.61. The van der Waals surface area contributed by atoms with E-state index in [4.69, 9.17) is 5.41 Å². The highest BCUT2D eigenvalue weighted by molar-refractivity contribution is 6.04. The maximum Gasteiger partial charge on any atom is 0.416 e. The number of nitrogens with zero attached hydrogens (tertiary/aromatic N) is 4. The van der Waals surface area contributed by atoms with Crippen LogP contribution in [0.25, 0.3) is 6.08 Å². The fourth-order valence-electron chi connectivity index (χ4n) is 4.61. The summed E-state index contributed by atoms with van der Waals surface area (Å²) in [6.07, 6.45) is 5.78. The van der Waals surface area contributed by atoms with E-state index in [0.717, 1.165) is 25.1 Å². The molecule has 5 rings (SSSR count). The summed E-state index contributed by atoms with van der Waals surface area (Å²) in [5.74, 6) is 5.93. The molecule has 3 N–H and O–H groups in total. The molecule has 1 aromatic carbocycles. The molecule has 0 spiro atoms. The van der Waals surface area contributed by atoms with Gasteiger partial charge in [0.2, 0.25) is 5.91 Å². The number of halogens is 3. The Balaban J connectivity index is 1.24. The van der Waals surface area contributed by atoms with Crippen LogP contribution in [0.15, 0.2) is 48.9 Å². The molecular formula is C30H28F3N7O2. The third-order valence-corrected chi connectivity index (χ3v) is 6.97. The molecule has 9 nitrogen and oxygen atoms in total. The van der Waals surface area contributed by atoms with Crippen molar-refractivity contribution in [3.8, 4) is 11.8 Å². The molecule has 216 valence electrons. The molecule has 2 fully saturated rings. The Hall–Kier alpha value is -4.76. The Morgan fingerprint density at radius 3 is 2.60 bits per heavy atom. The molecule has 1 aliphatic carbocycles. The van der Waals surface area contributed by atoms with E-state index in [2.05, 4.69) is 32.1 Å². The quantitative estimate of drug-likeness (QED) is 0.289. The maximum absolute atomic E-state index is 14.0. The Labute approximate surface area is 240 Å². The minimum absolute atomic E-state index is 0.00961. The zero-order valence-corrected chi connectivity index (χ0v) is 22.5. The fraction of sp³-hybridized carbons (Fsp3) is 0.300. The zero-order chi connectivity index (χ0) is 29.7. The summed E-state index contributed by atoms with van der Waals surface area (Å²) in [4.78, 5) is 40.0. The lowest BCUT2D eigenvalue weighted by Crippen LogP contribution is -2.48. The number of aromatic amines is 1. The third-order valence-electron chi connectivity index (χ3n) is 6.97. The molecule has 42 heavy (non-hydrogen) atoms. The van der Waals surface area contributed by atoms with Crippen molar-refractivity contribution in [2.45, 2.75) is 25.6 Å². The first-order valence-corrected chi connectivity index (χ1v) is 13.4. The number of rotatable bonds is 7. The number of carbonyl (C=O) groups excluding carboxylic acids is 2. The van der Waals surface area contributed by atoms with Gasteiger partial charge in [0.1, 0.15) is 11.5 Å². The number of alkyl halides is 3. The number of aromatic nitrogens is 3. The molecule has 0 unspecified atom stereocenters. The lowest BCUT2D eigenvalue weighted by molar-refractivity contribution is -0.138. The van der Waals surface area contributed by atoms with E-state index in [0.29, 0.717) is 43.3 Å². The maximum atomic E-state index is 14.0. The summed E-state index contributed by atoms with van der Waals surface area (Å²) in [6, 6.07) is 5.28. The minimum atomic E-state index is -4.61. The molecule has 0 atom stereocenters. The van der Waals surface area contributed by atoms with Gasteiger partial charge in [-0.25, -0.2) is 4.98 Å². The van der Waals surface area contributed by atoms with Crippen molar-refractivity contribution >= 4 is 29.8 Å². The zero-order valence-electron chi connectivity index (χ0n) is 22.5. The number of pyridine rings is 1. The lowest BCUT2D eigenvalue weighted by atomic mass is 10.0. The van der Waals surface area contributed by atoms with Crippen molar-refractivity contribution in [3.63, 3.8) is 0 Å². The second-order valence-electron chi connectivity index (χ2n) is 10.1. The SMILES string of the molecule is N=C/C=C\c1ncc(C#Cc2cncc(C(=O)Nc3ccc(CN4CCN(C(=O)C5CC5)CC4)c(C(F)(F)F)c3)c2)[nH]1. The van der Waals surface area contributed by atoms with Gasteiger partial charge in [0.25, 0.3) is 5.91 Å². The summed E-state index contributed by atoms with van der Waals surface area (Å²) >= 11 is 0. The number of nitrogens with one attached hydrogen (secondary N) is 3. The number of piperazine rings is 1. The summed E-state index contributed by atoms with van der Waals surface area (Å²) in [5.41, 5.74) is 0.384. The number of H-pyrrole nitrogens is 1. The van der Waals surface area contributed by atoms with Gasteiger partial charge in [-0.1, -0.05) is 12.0 Å². The van der Waals surface area contributed by atoms with Gasteiger partial charge in [-0.2, -0.15) is 13.2 Å². The Bertz CT molecular complexity index is 1570. The van der Waals surface area contributed by atoms with E-state index in [1.807, 2.05) is 4.90 Å². The van der Waals surface area contributed by atoms with E-state index < -0.39 is 17.6 Å². The highest BCUT2D eigenvalue weighted by Gasteiger charge is 2.36. The molecule has 1 saturated carbocycles. The van der Waals surface area contributed by atoms with Crippen LogP contribution in [-0.4, -0.2) is 69.0 Å². The average molecular weight is 576 g/mol. The number of allylic oxidation sites excluding steroid dienone is 1. The second kappa shape index (κ2) is 12.4. The molecule has 2 amide bonds. The molecule has 1 saturated heterocycles. The number of hydrogen-bond acceptors (Lipinski definition) is 6. The number of anilines is 1. The molecule has 0 bridgehead atoms. The lowest BCUT2D eigenvalue weighted by Gasteiger charge is -2.35. The molecular weight excluding hydrogens is 547 g/mol. The van der Waals surface area contributed by atoms with Crippen molar-refractivity contribution in [1.29, 1.82) is 5.41 Å². The highest BCUT2D eigenvalue weighted by atomic mass is 19.4. The summed E-state index contributed by atoms with van der Waals surface area (Å²) in [7, 11) is 0. The molecule has 1 aliphatic heterocycles. The molecule has 2 aromatic heterocycles. The van der Waals surface area contributed by atoms with Gasteiger partial charge >= 0.3 is 6.18 Å². The Morgan fingerprint density at radius 1 is 1.10 bits per heavy atom. The monoisotopic (exact) mass is 575 g/mol. The number of hydrogen-bond donors (Lipinski definition) is 3. The van der Waals surface area contributed by atoms with Crippen LogP contribution in [0.2, 0.25) is 0 Å². The van der Waals surface area contributed by atoms with Gasteiger partial charge in [-0.05, 0) is 54.7 Å². The van der Waals surface area contributed by atoms with Gasteiger partial charge in [-0.15, -0.1) is 0 Å². The van der Waals surface area contributed by atoms with Gasteiger partial charge in [0.15, 0.2) is 0 Å². The van der Waals surface area contributed by atoms with Crippen LogP contribution < -0.4 is 5.32 Å². The Morgan fingerprint density at radius 2 is 1.88 bits per heavy atom. The summed E-state index contributed by atoms with van der Waals surface area (Å²) in [5, 5.41) is 9.55. The molecule has 3 heterocycles. The van der Waals surface area contributed by atoms with Crippen LogP contribution in [0.1, 0.15) is 51.4 Å². The predicted molar refractivity (Wildman–Crippen MR) is 151 cm³/mol. The van der Waals surface area contributed by atoms with E-state index >= 15 is 0 Å². The summed E-state index contributed by atoms with van der Waals surface area (Å²) in [6.45, 7) is 2.12. The van der Waals surface area contributed by atoms with Crippen molar-refractivity contribution in [2.75, 3.05) is 31.5 Å². The van der Waals surface area contributed by atoms with Crippen molar-refractivity contribution < 1.29 is 22.8 Å². The number of amides is 2. The molecule has 2 aliphatic rings. The largest absolute Gasteiger partial charge is 0.416 e. The van der Waals surface area contributed by atoms with E-state index in [9.17, 15) is 22.8 Å². The smallest absolute Gasteiger partial charge is 0.340 e. The number of imidazole rings is 1. The van der Waals surface area contributed by atoms with Crippen LogP contribution in [0.4, 0.5) is 18.9 Å². The van der Waals surface area contributed by atoms with E-state index in [1.165, 1.54) is 42.9 Å². The van der Waals surface area contributed by atoms with Crippen molar-refractivity contribution in [1.82, 2.24) is 24.8 Å². The topological polar surface area (TPSA) is 118 Å². The number of benzene rings is 1. The first kappa shape index (κ1) is 28.8. The average Bonchev–Trinajstić information content (AvgIpc) is 3.74. The van der Waals surface area contributed by atoms with Crippen LogP contribution in [0, 0.1) is 23.2 Å². The number of carbonyl (C=O) groups is 2.